The van der Waals surface area contributed by atoms with Crippen LogP contribution in [0.3, 0.4) is 0 Å². The molecule has 0 aliphatic carbocycles. The lowest BCUT2D eigenvalue weighted by Crippen LogP contribution is -2.31. The first-order valence-corrected chi connectivity index (χ1v) is 9.65. The number of pyridine rings is 2. The van der Waals surface area contributed by atoms with Crippen molar-refractivity contribution in [1.82, 2.24) is 19.9 Å². The lowest BCUT2D eigenvalue weighted by molar-refractivity contribution is 0.583. The molecule has 0 radical (unpaired) electrons. The van der Waals surface area contributed by atoms with Crippen molar-refractivity contribution in [2.45, 2.75) is 26.8 Å². The van der Waals surface area contributed by atoms with Crippen LogP contribution in [0.15, 0.2) is 49.1 Å². The Morgan fingerprint density at radius 3 is 2.72 bits per heavy atom. The molecule has 1 aliphatic heterocycles. The molecule has 4 aromatic rings. The number of aromatic nitrogens is 4. The zero-order chi connectivity index (χ0) is 20.0. The van der Waals surface area contributed by atoms with E-state index in [4.69, 9.17) is 0 Å². The van der Waals surface area contributed by atoms with Crippen LogP contribution in [0.1, 0.15) is 22.4 Å². The Bertz CT molecular complexity index is 1240. The number of aryl methyl sites for hydroxylation is 2. The van der Waals surface area contributed by atoms with E-state index in [1.807, 2.05) is 19.2 Å². The van der Waals surface area contributed by atoms with Gasteiger partial charge in [-0.1, -0.05) is 11.6 Å². The molecule has 3 aromatic heterocycles. The van der Waals surface area contributed by atoms with Crippen LogP contribution in [0.25, 0.3) is 22.0 Å². The molecule has 0 unspecified atom stereocenters. The molecule has 0 amide bonds. The Hall–Kier alpha value is -3.41. The molecule has 5 rings (SSSR count). The molecule has 5 nitrogen and oxygen atoms in total. The van der Waals surface area contributed by atoms with Gasteiger partial charge in [-0.05, 0) is 49.2 Å². The number of benzene rings is 1. The van der Waals surface area contributed by atoms with Gasteiger partial charge in [-0.3, -0.25) is 4.98 Å². The van der Waals surface area contributed by atoms with E-state index in [0.717, 1.165) is 64.2 Å². The summed E-state index contributed by atoms with van der Waals surface area (Å²) in [4.78, 5) is 19.8. The predicted molar refractivity (Wildman–Crippen MR) is 111 cm³/mol. The van der Waals surface area contributed by atoms with Crippen LogP contribution in [0.4, 0.5) is 10.2 Å². The van der Waals surface area contributed by atoms with Crippen LogP contribution in [-0.4, -0.2) is 26.5 Å². The Morgan fingerprint density at radius 1 is 0.966 bits per heavy atom. The summed E-state index contributed by atoms with van der Waals surface area (Å²) in [6, 6.07) is 9.85. The van der Waals surface area contributed by atoms with E-state index in [1.165, 1.54) is 11.6 Å². The van der Waals surface area contributed by atoms with Crippen molar-refractivity contribution in [3.05, 3.63) is 77.4 Å². The minimum atomic E-state index is -0.464. The second kappa shape index (κ2) is 6.88. The van der Waals surface area contributed by atoms with Gasteiger partial charge in [0.1, 0.15) is 12.1 Å². The molecule has 0 fully saturated rings. The van der Waals surface area contributed by atoms with Gasteiger partial charge in [0.2, 0.25) is 5.95 Å². The van der Waals surface area contributed by atoms with E-state index in [9.17, 15) is 4.39 Å². The number of rotatable bonds is 2. The smallest absolute Gasteiger partial charge is 0.213 e. The summed E-state index contributed by atoms with van der Waals surface area (Å²) in [6.45, 7) is 5.55. The van der Waals surface area contributed by atoms with Crippen molar-refractivity contribution < 1.29 is 4.39 Å². The number of hydrogen-bond donors (Lipinski definition) is 0. The summed E-state index contributed by atoms with van der Waals surface area (Å²) in [5.74, 6) is 0.489. The van der Waals surface area contributed by atoms with Gasteiger partial charge < -0.3 is 4.90 Å². The maximum Gasteiger partial charge on any atom is 0.213 e. The number of anilines is 1. The third-order valence-corrected chi connectivity index (χ3v) is 5.50. The van der Waals surface area contributed by atoms with E-state index in [1.54, 1.807) is 12.5 Å². The summed E-state index contributed by atoms with van der Waals surface area (Å²) >= 11 is 0. The van der Waals surface area contributed by atoms with Gasteiger partial charge in [0.15, 0.2) is 0 Å². The molecule has 0 N–H and O–H groups in total. The number of halogens is 1. The van der Waals surface area contributed by atoms with Gasteiger partial charge in [-0.25, -0.2) is 15.0 Å². The van der Waals surface area contributed by atoms with Crippen LogP contribution in [0, 0.1) is 19.8 Å². The topological polar surface area (TPSA) is 54.8 Å². The van der Waals surface area contributed by atoms with E-state index < -0.39 is 5.95 Å². The Kier molecular flexibility index (Phi) is 4.19. The lowest BCUT2D eigenvalue weighted by atomic mass is 9.98. The van der Waals surface area contributed by atoms with Gasteiger partial charge in [-0.15, -0.1) is 0 Å². The van der Waals surface area contributed by atoms with E-state index >= 15 is 0 Å². The third-order valence-electron chi connectivity index (χ3n) is 5.50. The normalized spacial score (nSPS) is 13.6. The molecule has 0 bridgehead atoms. The van der Waals surface area contributed by atoms with E-state index in [0.29, 0.717) is 0 Å². The zero-order valence-corrected chi connectivity index (χ0v) is 16.4. The minimum absolute atomic E-state index is 0.464. The molecule has 0 saturated heterocycles. The van der Waals surface area contributed by atoms with Crippen molar-refractivity contribution in [3.63, 3.8) is 0 Å². The molecule has 4 heterocycles. The quantitative estimate of drug-likeness (QED) is 0.479. The fourth-order valence-electron chi connectivity index (χ4n) is 3.99. The Labute approximate surface area is 168 Å². The average Bonchev–Trinajstić information content (AvgIpc) is 2.72. The van der Waals surface area contributed by atoms with Crippen LogP contribution in [0.2, 0.25) is 0 Å². The van der Waals surface area contributed by atoms with Gasteiger partial charge >= 0.3 is 0 Å². The molecule has 0 atom stereocenters. The van der Waals surface area contributed by atoms with Crippen molar-refractivity contribution in [2.75, 3.05) is 11.4 Å². The highest BCUT2D eigenvalue weighted by Gasteiger charge is 2.21. The number of nitrogens with zero attached hydrogens (tertiary/aromatic N) is 5. The van der Waals surface area contributed by atoms with Crippen LogP contribution in [0.5, 0.6) is 0 Å². The fraction of sp³-hybridized carbons (Fsp3) is 0.217. The second-order valence-electron chi connectivity index (χ2n) is 7.54. The standard InChI is InChI=1S/C23H20FN5/c1-14-3-4-21-18(7-14)23(28-13-27-21)29-6-5-20-17(12-29)9-16(10-25-20)19-11-26-22(24)8-15(19)2/h3-4,7-11,13H,5-6,12H2,1-2H3. The van der Waals surface area contributed by atoms with Gasteiger partial charge in [0.05, 0.1) is 5.52 Å². The minimum Gasteiger partial charge on any atom is -0.351 e. The van der Waals surface area contributed by atoms with Crippen LogP contribution >= 0.6 is 0 Å². The van der Waals surface area contributed by atoms with Crippen LogP contribution < -0.4 is 4.90 Å². The SMILES string of the molecule is Cc1ccc2ncnc(N3CCc4ncc(-c5cnc(F)cc5C)cc4C3)c2c1. The maximum absolute atomic E-state index is 13.4. The summed E-state index contributed by atoms with van der Waals surface area (Å²) in [5, 5.41) is 1.07. The largest absolute Gasteiger partial charge is 0.351 e. The molecule has 29 heavy (non-hydrogen) atoms. The first-order valence-electron chi connectivity index (χ1n) is 9.65. The molecular formula is C23H20FN5. The summed E-state index contributed by atoms with van der Waals surface area (Å²) in [7, 11) is 0. The first kappa shape index (κ1) is 17.7. The third kappa shape index (κ3) is 3.20. The van der Waals surface area contributed by atoms with E-state index in [-0.39, 0.29) is 0 Å². The van der Waals surface area contributed by atoms with Gasteiger partial charge in [0.25, 0.3) is 0 Å². The van der Waals surface area contributed by atoms with Crippen molar-refractivity contribution >= 4 is 16.7 Å². The lowest BCUT2D eigenvalue weighted by Gasteiger charge is -2.30. The van der Waals surface area contributed by atoms with Crippen molar-refractivity contribution in [3.8, 4) is 11.1 Å². The average molecular weight is 385 g/mol. The Morgan fingerprint density at radius 2 is 1.86 bits per heavy atom. The molecule has 144 valence electrons. The number of fused-ring (bicyclic) bond motifs is 2. The van der Waals surface area contributed by atoms with Gasteiger partial charge in [0, 0.05) is 54.1 Å². The first-order chi connectivity index (χ1) is 14.1. The number of hydrogen-bond acceptors (Lipinski definition) is 5. The molecular weight excluding hydrogens is 365 g/mol. The summed E-state index contributed by atoms with van der Waals surface area (Å²) < 4.78 is 13.4. The van der Waals surface area contributed by atoms with Crippen molar-refractivity contribution in [1.29, 1.82) is 0 Å². The van der Waals surface area contributed by atoms with Gasteiger partial charge in [-0.2, -0.15) is 4.39 Å². The zero-order valence-electron chi connectivity index (χ0n) is 16.4. The summed E-state index contributed by atoms with van der Waals surface area (Å²) in [5.41, 5.74) is 7.12. The molecule has 0 spiro atoms. The second-order valence-corrected chi connectivity index (χ2v) is 7.54. The van der Waals surface area contributed by atoms with Crippen LogP contribution in [-0.2, 0) is 13.0 Å². The summed E-state index contributed by atoms with van der Waals surface area (Å²) in [6.07, 6.45) is 5.92. The maximum atomic E-state index is 13.4. The molecule has 1 aliphatic rings. The highest BCUT2D eigenvalue weighted by molar-refractivity contribution is 5.90. The fourth-order valence-corrected chi connectivity index (χ4v) is 3.99. The monoisotopic (exact) mass is 385 g/mol. The molecule has 0 saturated carbocycles. The highest BCUT2D eigenvalue weighted by atomic mass is 19.1. The molecule has 1 aromatic carbocycles. The Balaban J connectivity index is 1.53. The highest BCUT2D eigenvalue weighted by Crippen LogP contribution is 2.31. The predicted octanol–water partition coefficient (Wildman–Crippen LogP) is 4.41. The van der Waals surface area contributed by atoms with E-state index in [2.05, 4.69) is 50.0 Å². The molecule has 6 heteroatoms. The van der Waals surface area contributed by atoms with Crippen molar-refractivity contribution in [2.24, 2.45) is 0 Å².